The Morgan fingerprint density at radius 3 is 2.88 bits per heavy atom. The van der Waals surface area contributed by atoms with Crippen LogP contribution in [0.3, 0.4) is 0 Å². The van der Waals surface area contributed by atoms with E-state index in [0.29, 0.717) is 12.1 Å². The van der Waals surface area contributed by atoms with Gasteiger partial charge in [0.2, 0.25) is 0 Å². The van der Waals surface area contributed by atoms with E-state index in [9.17, 15) is 0 Å². The molecule has 1 saturated heterocycles. The maximum Gasteiger partial charge on any atom is 0.0489 e. The largest absolute Gasteiger partial charge is 0.381 e. The number of piperidine rings is 1. The number of hydrogen-bond acceptors (Lipinski definition) is 2. The Morgan fingerprint density at radius 2 is 2.18 bits per heavy atom. The van der Waals surface area contributed by atoms with Gasteiger partial charge in [0.1, 0.15) is 0 Å². The van der Waals surface area contributed by atoms with Crippen molar-refractivity contribution >= 4 is 21.6 Å². The molecule has 17 heavy (non-hydrogen) atoms. The minimum absolute atomic E-state index is 0.597. The molecule has 2 nitrogen and oxygen atoms in total. The molecule has 0 spiro atoms. The Kier molecular flexibility index (Phi) is 4.10. The van der Waals surface area contributed by atoms with Gasteiger partial charge in [0.15, 0.2) is 0 Å². The summed E-state index contributed by atoms with van der Waals surface area (Å²) in [6.45, 7) is 5.62. The molecule has 1 fully saturated rings. The fourth-order valence-electron chi connectivity index (χ4n) is 2.39. The van der Waals surface area contributed by atoms with Crippen molar-refractivity contribution in [3.05, 3.63) is 28.2 Å². The Morgan fingerprint density at radius 1 is 1.41 bits per heavy atom. The average molecular weight is 297 g/mol. The molecule has 2 unspecified atom stereocenters. The van der Waals surface area contributed by atoms with Crippen LogP contribution in [0.1, 0.15) is 25.3 Å². The summed E-state index contributed by atoms with van der Waals surface area (Å²) in [5.74, 6) is 0. The molecule has 0 bridgehead atoms. The van der Waals surface area contributed by atoms with Gasteiger partial charge in [-0.1, -0.05) is 6.07 Å². The average Bonchev–Trinajstić information content (AvgIpc) is 2.29. The van der Waals surface area contributed by atoms with Gasteiger partial charge in [-0.3, -0.25) is 0 Å². The Labute approximate surface area is 113 Å². The molecule has 1 aromatic carbocycles. The molecule has 2 atom stereocenters. The summed E-state index contributed by atoms with van der Waals surface area (Å²) in [6.07, 6.45) is 2.44. The van der Waals surface area contributed by atoms with E-state index in [1.807, 2.05) is 0 Å². The Bertz CT molecular complexity index is 392. The van der Waals surface area contributed by atoms with E-state index < -0.39 is 0 Å². The topological polar surface area (TPSA) is 15.3 Å². The van der Waals surface area contributed by atoms with Gasteiger partial charge in [0.05, 0.1) is 0 Å². The van der Waals surface area contributed by atoms with E-state index in [4.69, 9.17) is 0 Å². The van der Waals surface area contributed by atoms with Crippen molar-refractivity contribution in [3.63, 3.8) is 0 Å². The fraction of sp³-hybridized carbons (Fsp3) is 0.571. The lowest BCUT2D eigenvalue weighted by Crippen LogP contribution is -2.42. The van der Waals surface area contributed by atoms with Gasteiger partial charge in [-0.2, -0.15) is 0 Å². The van der Waals surface area contributed by atoms with E-state index in [-0.39, 0.29) is 0 Å². The summed E-state index contributed by atoms with van der Waals surface area (Å²) in [5, 5.41) is 3.67. The number of nitrogens with zero attached hydrogens (tertiary/aromatic N) is 1. The highest BCUT2D eigenvalue weighted by Gasteiger charge is 2.22. The lowest BCUT2D eigenvalue weighted by molar-refractivity contribution is 0.190. The van der Waals surface area contributed by atoms with Crippen LogP contribution >= 0.6 is 15.9 Å². The van der Waals surface area contributed by atoms with Gasteiger partial charge in [-0.25, -0.2) is 0 Å². The molecular weight excluding hydrogens is 276 g/mol. The van der Waals surface area contributed by atoms with Crippen LogP contribution in [-0.4, -0.2) is 30.6 Å². The summed E-state index contributed by atoms with van der Waals surface area (Å²) in [6, 6.07) is 7.74. The molecule has 3 heteroatoms. The molecule has 0 aromatic heterocycles. The third kappa shape index (κ3) is 3.23. The lowest BCUT2D eigenvalue weighted by Gasteiger charge is -2.36. The van der Waals surface area contributed by atoms with Gasteiger partial charge in [0, 0.05) is 28.8 Å². The number of rotatable bonds is 2. The number of benzene rings is 1. The van der Waals surface area contributed by atoms with Crippen LogP contribution in [-0.2, 0) is 0 Å². The van der Waals surface area contributed by atoms with Crippen molar-refractivity contribution in [2.75, 3.05) is 18.9 Å². The molecular formula is C14H21BrN2. The first-order chi connectivity index (χ1) is 8.06. The van der Waals surface area contributed by atoms with Crippen molar-refractivity contribution in [1.29, 1.82) is 0 Å². The van der Waals surface area contributed by atoms with E-state index >= 15 is 0 Å². The van der Waals surface area contributed by atoms with Crippen molar-refractivity contribution in [2.45, 2.75) is 38.8 Å². The first-order valence-electron chi connectivity index (χ1n) is 6.29. The lowest BCUT2D eigenvalue weighted by atomic mass is 9.98. The highest BCUT2D eigenvalue weighted by molar-refractivity contribution is 9.10. The van der Waals surface area contributed by atoms with Crippen LogP contribution in [0.2, 0.25) is 0 Å². The highest BCUT2D eigenvalue weighted by Crippen LogP contribution is 2.27. The third-order valence-corrected chi connectivity index (χ3v) is 4.38. The zero-order valence-corrected chi connectivity index (χ0v) is 12.4. The first-order valence-corrected chi connectivity index (χ1v) is 7.08. The summed E-state index contributed by atoms with van der Waals surface area (Å²) in [7, 11) is 2.21. The van der Waals surface area contributed by atoms with E-state index in [2.05, 4.69) is 65.2 Å². The summed E-state index contributed by atoms with van der Waals surface area (Å²) >= 11 is 3.61. The molecule has 1 N–H and O–H groups in total. The van der Waals surface area contributed by atoms with Gasteiger partial charge >= 0.3 is 0 Å². The molecule has 0 radical (unpaired) electrons. The SMILES string of the molecule is Cc1ccc(Br)c(NC2CCN(C)C(C)C2)c1. The molecule has 1 heterocycles. The minimum atomic E-state index is 0.597. The van der Waals surface area contributed by atoms with Gasteiger partial charge < -0.3 is 10.2 Å². The van der Waals surface area contributed by atoms with Crippen molar-refractivity contribution in [1.82, 2.24) is 4.90 Å². The maximum absolute atomic E-state index is 3.67. The molecule has 1 aliphatic rings. The van der Waals surface area contributed by atoms with Gasteiger partial charge in [-0.05, 0) is 67.4 Å². The van der Waals surface area contributed by atoms with Crippen LogP contribution in [0.5, 0.6) is 0 Å². The van der Waals surface area contributed by atoms with Crippen molar-refractivity contribution < 1.29 is 0 Å². The van der Waals surface area contributed by atoms with Gasteiger partial charge in [0.25, 0.3) is 0 Å². The first kappa shape index (κ1) is 12.9. The number of hydrogen-bond donors (Lipinski definition) is 1. The highest BCUT2D eigenvalue weighted by atomic mass is 79.9. The van der Waals surface area contributed by atoms with Crippen LogP contribution in [0.15, 0.2) is 22.7 Å². The van der Waals surface area contributed by atoms with Crippen LogP contribution in [0, 0.1) is 6.92 Å². The molecule has 1 aliphatic heterocycles. The standard InChI is InChI=1S/C14H21BrN2/c1-10-4-5-13(15)14(8-10)16-12-6-7-17(3)11(2)9-12/h4-5,8,11-12,16H,6-7,9H2,1-3H3. The molecule has 0 aliphatic carbocycles. The van der Waals surface area contributed by atoms with Crippen LogP contribution in [0.25, 0.3) is 0 Å². The summed E-state index contributed by atoms with van der Waals surface area (Å²) in [4.78, 5) is 2.43. The quantitative estimate of drug-likeness (QED) is 0.896. The van der Waals surface area contributed by atoms with Crippen LogP contribution < -0.4 is 5.32 Å². The van der Waals surface area contributed by atoms with Crippen molar-refractivity contribution in [3.8, 4) is 0 Å². The fourth-order valence-corrected chi connectivity index (χ4v) is 2.75. The summed E-state index contributed by atoms with van der Waals surface area (Å²) in [5.41, 5.74) is 2.53. The number of anilines is 1. The monoisotopic (exact) mass is 296 g/mol. The third-order valence-electron chi connectivity index (χ3n) is 3.69. The van der Waals surface area contributed by atoms with Crippen molar-refractivity contribution in [2.24, 2.45) is 0 Å². The second kappa shape index (κ2) is 5.40. The predicted molar refractivity (Wildman–Crippen MR) is 77.6 cm³/mol. The number of aryl methyl sites for hydroxylation is 1. The molecule has 0 amide bonds. The van der Waals surface area contributed by atoms with E-state index in [1.54, 1.807) is 0 Å². The zero-order chi connectivity index (χ0) is 12.4. The van der Waals surface area contributed by atoms with Gasteiger partial charge in [-0.15, -0.1) is 0 Å². The van der Waals surface area contributed by atoms with E-state index in [0.717, 1.165) is 4.47 Å². The second-order valence-electron chi connectivity index (χ2n) is 5.18. The summed E-state index contributed by atoms with van der Waals surface area (Å²) < 4.78 is 1.16. The second-order valence-corrected chi connectivity index (χ2v) is 6.03. The maximum atomic E-state index is 3.67. The number of nitrogens with one attached hydrogen (secondary N) is 1. The molecule has 1 aromatic rings. The normalized spacial score (nSPS) is 25.9. The molecule has 2 rings (SSSR count). The predicted octanol–water partition coefficient (Wildman–Crippen LogP) is 3.65. The molecule has 0 saturated carbocycles. The van der Waals surface area contributed by atoms with Crippen LogP contribution in [0.4, 0.5) is 5.69 Å². The molecule has 94 valence electrons. The zero-order valence-electron chi connectivity index (χ0n) is 10.8. The van der Waals surface area contributed by atoms with E-state index in [1.165, 1.54) is 30.6 Å². The Balaban J connectivity index is 2.03. The smallest absolute Gasteiger partial charge is 0.0489 e. The number of likely N-dealkylation sites (tertiary alicyclic amines) is 1. The Hall–Kier alpha value is -0.540. The number of halogens is 1. The minimum Gasteiger partial charge on any atom is -0.381 e.